The maximum Gasteiger partial charge on any atom is 0.301 e. The number of aryl methyl sites for hydroxylation is 3. The molecule has 1 fully saturated rings. The lowest BCUT2D eigenvalue weighted by Gasteiger charge is -2.24. The lowest BCUT2D eigenvalue weighted by atomic mass is 9.85. The van der Waals surface area contributed by atoms with Crippen LogP contribution in [0.4, 0.5) is 5.13 Å². The van der Waals surface area contributed by atoms with Gasteiger partial charge in [0.05, 0.1) is 21.8 Å². The van der Waals surface area contributed by atoms with Crippen molar-refractivity contribution in [1.29, 1.82) is 0 Å². The number of anilines is 1. The molecule has 2 heterocycles. The Hall–Kier alpha value is -3.77. The zero-order chi connectivity index (χ0) is 26.6. The molecule has 1 atom stereocenters. The number of ketones is 1. The number of rotatable bonds is 3. The van der Waals surface area contributed by atoms with E-state index in [1.165, 1.54) is 16.2 Å². The van der Waals surface area contributed by atoms with Crippen LogP contribution in [0.3, 0.4) is 0 Å². The van der Waals surface area contributed by atoms with Crippen LogP contribution in [0.1, 0.15) is 60.2 Å². The molecule has 3 aromatic carbocycles. The van der Waals surface area contributed by atoms with Crippen molar-refractivity contribution in [2.24, 2.45) is 0 Å². The fourth-order valence-electron chi connectivity index (χ4n) is 4.84. The number of Topliss-reactive ketones (excluding diaryl/α,β-unsaturated/α-hetero) is 1. The molecule has 1 unspecified atom stereocenters. The molecular formula is C31H30N2O3S. The second kappa shape index (κ2) is 8.96. The SMILES string of the molecule is Cc1ccc(/C(O)=C2\C(=O)C(=O)N(c3nc4c(C)cc(C)cc4s3)C2c2ccc(C(C)(C)C)cc2)cc1. The molecular weight excluding hydrogens is 480 g/mol. The summed E-state index contributed by atoms with van der Waals surface area (Å²) >= 11 is 1.38. The minimum absolute atomic E-state index is 0.0509. The molecule has 1 saturated heterocycles. The lowest BCUT2D eigenvalue weighted by molar-refractivity contribution is -0.132. The normalized spacial score (nSPS) is 17.7. The number of amides is 1. The summed E-state index contributed by atoms with van der Waals surface area (Å²) in [7, 11) is 0. The van der Waals surface area contributed by atoms with Crippen LogP contribution >= 0.6 is 11.3 Å². The molecule has 0 bridgehead atoms. The molecule has 1 amide bonds. The number of benzene rings is 3. The highest BCUT2D eigenvalue weighted by atomic mass is 32.1. The number of fused-ring (bicyclic) bond motifs is 1. The largest absolute Gasteiger partial charge is 0.507 e. The van der Waals surface area contributed by atoms with Gasteiger partial charge in [0.25, 0.3) is 5.78 Å². The third-order valence-corrected chi connectivity index (χ3v) is 7.89. The predicted molar refractivity (Wildman–Crippen MR) is 150 cm³/mol. The average Bonchev–Trinajstić information content (AvgIpc) is 3.37. The van der Waals surface area contributed by atoms with Gasteiger partial charge in [0.2, 0.25) is 0 Å². The first-order valence-electron chi connectivity index (χ1n) is 12.3. The average molecular weight is 511 g/mol. The summed E-state index contributed by atoms with van der Waals surface area (Å²) in [5.74, 6) is -1.58. The minimum atomic E-state index is -0.794. The number of thiazole rings is 1. The Bertz CT molecular complexity index is 1570. The highest BCUT2D eigenvalue weighted by Gasteiger charge is 2.48. The highest BCUT2D eigenvalue weighted by Crippen LogP contribution is 2.45. The first kappa shape index (κ1) is 24.9. The number of hydrogen-bond acceptors (Lipinski definition) is 5. The Morgan fingerprint density at radius 2 is 1.57 bits per heavy atom. The summed E-state index contributed by atoms with van der Waals surface area (Å²) in [6.07, 6.45) is 0. The molecule has 37 heavy (non-hydrogen) atoms. The summed E-state index contributed by atoms with van der Waals surface area (Å²) in [6, 6.07) is 18.5. The van der Waals surface area contributed by atoms with Crippen molar-refractivity contribution in [3.05, 3.63) is 99.6 Å². The Morgan fingerprint density at radius 1 is 0.919 bits per heavy atom. The van der Waals surface area contributed by atoms with Crippen LogP contribution in [0.5, 0.6) is 0 Å². The molecule has 188 valence electrons. The second-order valence-electron chi connectivity index (χ2n) is 10.8. The third kappa shape index (κ3) is 4.36. The third-order valence-electron chi connectivity index (χ3n) is 6.89. The molecule has 5 nitrogen and oxygen atoms in total. The van der Waals surface area contributed by atoms with Crippen LogP contribution in [0, 0.1) is 20.8 Å². The van der Waals surface area contributed by atoms with Gasteiger partial charge in [-0.2, -0.15) is 0 Å². The van der Waals surface area contributed by atoms with Crippen molar-refractivity contribution in [2.45, 2.75) is 53.0 Å². The van der Waals surface area contributed by atoms with E-state index in [4.69, 9.17) is 4.98 Å². The van der Waals surface area contributed by atoms with E-state index in [0.717, 1.165) is 38.0 Å². The first-order chi connectivity index (χ1) is 17.5. The van der Waals surface area contributed by atoms with E-state index in [9.17, 15) is 14.7 Å². The van der Waals surface area contributed by atoms with Gasteiger partial charge in [0, 0.05) is 5.56 Å². The molecule has 4 aromatic rings. The van der Waals surface area contributed by atoms with Crippen molar-refractivity contribution in [3.8, 4) is 0 Å². The van der Waals surface area contributed by atoms with E-state index < -0.39 is 17.7 Å². The first-order valence-corrected chi connectivity index (χ1v) is 13.1. The minimum Gasteiger partial charge on any atom is -0.507 e. The fourth-order valence-corrected chi connectivity index (χ4v) is 6.01. The van der Waals surface area contributed by atoms with Gasteiger partial charge in [-0.25, -0.2) is 4.98 Å². The van der Waals surface area contributed by atoms with Crippen molar-refractivity contribution < 1.29 is 14.7 Å². The standard InChI is InChI=1S/C31H30N2O3S/c1-17-7-9-21(10-8-17)27(34)24-26(20-11-13-22(14-12-20)31(4,5)6)33(29(36)28(24)35)30-32-25-19(3)15-18(2)16-23(25)37-30/h7-16,26,34H,1-6H3/b27-24+. The van der Waals surface area contributed by atoms with Crippen molar-refractivity contribution in [1.82, 2.24) is 4.98 Å². The topological polar surface area (TPSA) is 70.5 Å². The van der Waals surface area contributed by atoms with Gasteiger partial charge in [-0.05, 0) is 54.5 Å². The van der Waals surface area contributed by atoms with Crippen LogP contribution in [0.15, 0.2) is 66.2 Å². The van der Waals surface area contributed by atoms with E-state index in [-0.39, 0.29) is 16.7 Å². The number of carbonyl (C=O) groups is 2. The number of carbonyl (C=O) groups excluding carboxylic acids is 2. The van der Waals surface area contributed by atoms with E-state index in [1.807, 2.05) is 63.2 Å². The van der Waals surface area contributed by atoms with Gasteiger partial charge >= 0.3 is 5.91 Å². The van der Waals surface area contributed by atoms with Gasteiger partial charge < -0.3 is 5.11 Å². The maximum atomic E-state index is 13.5. The second-order valence-corrected chi connectivity index (χ2v) is 11.8. The van der Waals surface area contributed by atoms with E-state index >= 15 is 0 Å². The van der Waals surface area contributed by atoms with Crippen LogP contribution < -0.4 is 4.90 Å². The molecule has 1 aliphatic heterocycles. The summed E-state index contributed by atoms with van der Waals surface area (Å²) in [5.41, 5.74) is 6.37. The molecule has 1 aliphatic rings. The van der Waals surface area contributed by atoms with Crippen LogP contribution in [-0.2, 0) is 15.0 Å². The number of aliphatic hydroxyl groups excluding tert-OH is 1. The quantitative estimate of drug-likeness (QED) is 0.181. The fraction of sp³-hybridized carbons (Fsp3) is 0.258. The molecule has 5 rings (SSSR count). The molecule has 1 aromatic heterocycles. The molecule has 1 N–H and O–H groups in total. The summed E-state index contributed by atoms with van der Waals surface area (Å²) < 4.78 is 0.953. The van der Waals surface area contributed by atoms with E-state index in [1.54, 1.807) is 12.1 Å². The van der Waals surface area contributed by atoms with Crippen molar-refractivity contribution in [3.63, 3.8) is 0 Å². The van der Waals surface area contributed by atoms with Crippen LogP contribution in [0.25, 0.3) is 16.0 Å². The van der Waals surface area contributed by atoms with Gasteiger partial charge in [0.1, 0.15) is 5.76 Å². The molecule has 0 saturated carbocycles. The van der Waals surface area contributed by atoms with Gasteiger partial charge in [-0.1, -0.05) is 92.3 Å². The maximum absolute atomic E-state index is 13.5. The molecule has 6 heteroatoms. The number of aliphatic hydroxyl groups is 1. The highest BCUT2D eigenvalue weighted by molar-refractivity contribution is 7.22. The van der Waals surface area contributed by atoms with Crippen molar-refractivity contribution >= 4 is 44.1 Å². The monoisotopic (exact) mass is 510 g/mol. The number of hydrogen-bond donors (Lipinski definition) is 1. The predicted octanol–water partition coefficient (Wildman–Crippen LogP) is 7.15. The molecule has 0 spiro atoms. The Balaban J connectivity index is 1.73. The lowest BCUT2D eigenvalue weighted by Crippen LogP contribution is -2.29. The number of nitrogens with zero attached hydrogens (tertiary/aromatic N) is 2. The van der Waals surface area contributed by atoms with Crippen LogP contribution in [0.2, 0.25) is 0 Å². The number of aromatic nitrogens is 1. The van der Waals surface area contributed by atoms with Crippen LogP contribution in [-0.4, -0.2) is 21.8 Å². The smallest absolute Gasteiger partial charge is 0.301 e. The van der Waals surface area contributed by atoms with Gasteiger partial charge in [-0.15, -0.1) is 0 Å². The van der Waals surface area contributed by atoms with E-state index in [0.29, 0.717) is 10.7 Å². The Labute approximate surface area is 221 Å². The zero-order valence-electron chi connectivity index (χ0n) is 21.9. The molecule has 0 aliphatic carbocycles. The Morgan fingerprint density at radius 3 is 2.19 bits per heavy atom. The molecule has 0 radical (unpaired) electrons. The van der Waals surface area contributed by atoms with Gasteiger partial charge in [-0.3, -0.25) is 14.5 Å². The summed E-state index contributed by atoms with van der Waals surface area (Å²) in [6.45, 7) is 12.4. The summed E-state index contributed by atoms with van der Waals surface area (Å²) in [4.78, 5) is 33.3. The van der Waals surface area contributed by atoms with E-state index in [2.05, 4.69) is 26.8 Å². The Kier molecular flexibility index (Phi) is 6.03. The van der Waals surface area contributed by atoms with Gasteiger partial charge in [0.15, 0.2) is 5.13 Å². The van der Waals surface area contributed by atoms with Crippen molar-refractivity contribution in [2.75, 3.05) is 4.90 Å². The summed E-state index contributed by atoms with van der Waals surface area (Å²) in [5, 5.41) is 11.8. The zero-order valence-corrected chi connectivity index (χ0v) is 22.7.